The number of nitrogens with zero attached hydrogens (tertiary/aromatic N) is 2. The first kappa shape index (κ1) is 23.3. The van der Waals surface area contributed by atoms with Crippen LogP contribution in [0.1, 0.15) is 17.7 Å². The van der Waals surface area contributed by atoms with Gasteiger partial charge in [-0.15, -0.1) is 11.3 Å². The number of thiophene rings is 1. The molecule has 3 heterocycles. The summed E-state index contributed by atoms with van der Waals surface area (Å²) in [6.07, 6.45) is 1.72. The van der Waals surface area contributed by atoms with Crippen molar-refractivity contribution < 1.29 is 26.4 Å². The summed E-state index contributed by atoms with van der Waals surface area (Å²) in [7, 11) is -7.17. The molecule has 0 bridgehead atoms. The lowest BCUT2D eigenvalue weighted by Crippen LogP contribution is -2.40. The third-order valence-electron chi connectivity index (χ3n) is 5.36. The van der Waals surface area contributed by atoms with Crippen LogP contribution in [0.4, 0.5) is 5.69 Å². The number of benzene rings is 1. The van der Waals surface area contributed by atoms with E-state index in [4.69, 9.17) is 4.74 Å². The summed E-state index contributed by atoms with van der Waals surface area (Å²) in [5.41, 5.74) is 0.366. The largest absolute Gasteiger partial charge is 0.379 e. The fraction of sp³-hybridized carbons (Fsp3) is 0.450. The number of carbonyl (C=O) groups excluding carboxylic acids is 1. The molecule has 12 heteroatoms. The summed E-state index contributed by atoms with van der Waals surface area (Å²) in [4.78, 5) is 13.2. The Morgan fingerprint density at radius 3 is 2.34 bits per heavy atom. The molecule has 174 valence electrons. The summed E-state index contributed by atoms with van der Waals surface area (Å²) in [5.74, 6) is -0.349. The lowest BCUT2D eigenvalue weighted by molar-refractivity contribution is -0.115. The number of sulfonamides is 2. The van der Waals surface area contributed by atoms with Crippen LogP contribution < -0.4 is 5.32 Å². The zero-order valence-electron chi connectivity index (χ0n) is 17.4. The smallest absolute Gasteiger partial charge is 0.252 e. The first-order chi connectivity index (χ1) is 15.3. The highest BCUT2D eigenvalue weighted by atomic mass is 32.2. The molecule has 1 aromatic carbocycles. The van der Waals surface area contributed by atoms with E-state index in [0.717, 1.165) is 24.2 Å². The zero-order chi connectivity index (χ0) is 22.8. The summed E-state index contributed by atoms with van der Waals surface area (Å²) >= 11 is 1.09. The van der Waals surface area contributed by atoms with Crippen LogP contribution in [0.15, 0.2) is 45.5 Å². The van der Waals surface area contributed by atoms with Crippen molar-refractivity contribution in [1.82, 2.24) is 8.61 Å². The number of morpholine rings is 1. The normalized spacial score (nSPS) is 18.6. The Hall–Kier alpha value is -1.83. The van der Waals surface area contributed by atoms with E-state index in [9.17, 15) is 21.6 Å². The molecule has 1 N–H and O–H groups in total. The van der Waals surface area contributed by atoms with Crippen LogP contribution in [-0.2, 0) is 36.0 Å². The molecule has 2 aromatic rings. The lowest BCUT2D eigenvalue weighted by Gasteiger charge is -2.26. The minimum absolute atomic E-state index is 0.000623. The van der Waals surface area contributed by atoms with Crippen molar-refractivity contribution in [2.24, 2.45) is 0 Å². The highest BCUT2D eigenvalue weighted by Crippen LogP contribution is 2.28. The van der Waals surface area contributed by atoms with Gasteiger partial charge in [0.05, 0.1) is 24.5 Å². The molecule has 2 fully saturated rings. The summed E-state index contributed by atoms with van der Waals surface area (Å²) in [5, 5.41) is 2.71. The molecule has 2 aliphatic rings. The van der Waals surface area contributed by atoms with Crippen LogP contribution in [0.3, 0.4) is 0 Å². The van der Waals surface area contributed by atoms with Crippen molar-refractivity contribution in [2.45, 2.75) is 28.4 Å². The van der Waals surface area contributed by atoms with Gasteiger partial charge in [0, 0.05) is 36.7 Å². The summed E-state index contributed by atoms with van der Waals surface area (Å²) in [6.45, 7) is 2.34. The Labute approximate surface area is 192 Å². The highest BCUT2D eigenvalue weighted by Gasteiger charge is 2.29. The van der Waals surface area contributed by atoms with E-state index in [1.807, 2.05) is 0 Å². The maximum absolute atomic E-state index is 12.8. The van der Waals surface area contributed by atoms with Crippen molar-refractivity contribution in [3.63, 3.8) is 0 Å². The minimum atomic E-state index is -3.67. The van der Waals surface area contributed by atoms with Crippen molar-refractivity contribution in [2.75, 3.05) is 44.7 Å². The molecule has 0 spiro atoms. The fourth-order valence-electron chi connectivity index (χ4n) is 3.68. The average Bonchev–Trinajstić information content (AvgIpc) is 3.47. The van der Waals surface area contributed by atoms with Crippen LogP contribution in [0.5, 0.6) is 0 Å². The van der Waals surface area contributed by atoms with Crippen LogP contribution >= 0.6 is 11.3 Å². The number of hydrogen-bond donors (Lipinski definition) is 1. The molecule has 2 saturated heterocycles. The van der Waals surface area contributed by atoms with Gasteiger partial charge in [0.25, 0.3) is 10.0 Å². The number of amides is 1. The molecule has 0 aliphatic carbocycles. The minimum Gasteiger partial charge on any atom is -0.379 e. The number of hydrogen-bond acceptors (Lipinski definition) is 7. The molecule has 1 aromatic heterocycles. The van der Waals surface area contributed by atoms with E-state index in [0.29, 0.717) is 50.0 Å². The van der Waals surface area contributed by atoms with Crippen LogP contribution in [0.25, 0.3) is 0 Å². The van der Waals surface area contributed by atoms with Gasteiger partial charge in [-0.05, 0) is 43.2 Å². The van der Waals surface area contributed by atoms with E-state index >= 15 is 0 Å². The molecular weight excluding hydrogens is 474 g/mol. The second kappa shape index (κ2) is 9.57. The van der Waals surface area contributed by atoms with Gasteiger partial charge in [-0.1, -0.05) is 6.07 Å². The Morgan fingerprint density at radius 2 is 1.62 bits per heavy atom. The van der Waals surface area contributed by atoms with Gasteiger partial charge >= 0.3 is 0 Å². The molecule has 2 aliphatic heterocycles. The first-order valence-electron chi connectivity index (χ1n) is 10.3. The number of rotatable bonds is 7. The van der Waals surface area contributed by atoms with E-state index in [1.165, 1.54) is 26.8 Å². The fourth-order valence-corrected chi connectivity index (χ4v) is 8.16. The standard InChI is InChI=1S/C20H25N3O6S3/c24-19(15-17-6-7-20(30-17)32(27,28)22-8-1-2-9-22)21-16-4-3-5-18(14-16)31(25,26)23-10-12-29-13-11-23/h3-7,14H,1-2,8-13,15H2,(H,21,24). The summed E-state index contributed by atoms with van der Waals surface area (Å²) < 4.78 is 59.2. The number of ether oxygens (including phenoxy) is 1. The van der Waals surface area contributed by atoms with E-state index in [1.54, 1.807) is 18.2 Å². The van der Waals surface area contributed by atoms with Gasteiger partial charge in [-0.2, -0.15) is 8.61 Å². The maximum atomic E-state index is 12.8. The molecule has 9 nitrogen and oxygen atoms in total. The van der Waals surface area contributed by atoms with Gasteiger partial charge in [-0.3, -0.25) is 4.79 Å². The van der Waals surface area contributed by atoms with Crippen molar-refractivity contribution in [3.05, 3.63) is 41.3 Å². The number of carbonyl (C=O) groups is 1. The molecular formula is C20H25N3O6S3. The van der Waals surface area contributed by atoms with Crippen molar-refractivity contribution >= 4 is 43.0 Å². The topological polar surface area (TPSA) is 113 Å². The molecule has 0 radical (unpaired) electrons. The Balaban J connectivity index is 1.42. The SMILES string of the molecule is O=C(Cc1ccc(S(=O)(=O)N2CCCC2)s1)Nc1cccc(S(=O)(=O)N2CCOCC2)c1. The monoisotopic (exact) mass is 499 g/mol. The Bertz CT molecular complexity index is 1180. The lowest BCUT2D eigenvalue weighted by atomic mass is 10.3. The second-order valence-electron chi connectivity index (χ2n) is 7.60. The third-order valence-corrected chi connectivity index (χ3v) is 10.7. The Kier molecular flexibility index (Phi) is 6.98. The van der Waals surface area contributed by atoms with E-state index < -0.39 is 20.0 Å². The van der Waals surface area contributed by atoms with Crippen molar-refractivity contribution in [3.8, 4) is 0 Å². The molecule has 0 unspecified atom stereocenters. The van der Waals surface area contributed by atoms with Crippen LogP contribution in [0.2, 0.25) is 0 Å². The Morgan fingerprint density at radius 1 is 0.938 bits per heavy atom. The number of nitrogens with one attached hydrogen (secondary N) is 1. The number of anilines is 1. The van der Waals surface area contributed by atoms with Gasteiger partial charge in [0.15, 0.2) is 0 Å². The molecule has 4 rings (SSSR count). The second-order valence-corrected chi connectivity index (χ2v) is 12.9. The van der Waals surface area contributed by atoms with E-state index in [2.05, 4.69) is 5.32 Å². The molecule has 0 atom stereocenters. The molecule has 32 heavy (non-hydrogen) atoms. The molecule has 1 amide bonds. The van der Waals surface area contributed by atoms with Crippen molar-refractivity contribution in [1.29, 1.82) is 0 Å². The van der Waals surface area contributed by atoms with Crippen LogP contribution in [0, 0.1) is 0 Å². The third kappa shape index (κ3) is 5.05. The highest BCUT2D eigenvalue weighted by molar-refractivity contribution is 7.91. The van der Waals surface area contributed by atoms with Gasteiger partial charge in [0.1, 0.15) is 4.21 Å². The first-order valence-corrected chi connectivity index (χ1v) is 14.0. The van der Waals surface area contributed by atoms with Crippen LogP contribution in [-0.4, -0.2) is 70.7 Å². The predicted molar refractivity (Wildman–Crippen MR) is 121 cm³/mol. The van der Waals surface area contributed by atoms with Gasteiger partial charge in [0.2, 0.25) is 15.9 Å². The average molecular weight is 500 g/mol. The maximum Gasteiger partial charge on any atom is 0.252 e. The molecule has 0 saturated carbocycles. The van der Waals surface area contributed by atoms with E-state index in [-0.39, 0.29) is 21.4 Å². The summed E-state index contributed by atoms with van der Waals surface area (Å²) in [6, 6.07) is 9.31. The van der Waals surface area contributed by atoms with Gasteiger partial charge in [-0.25, -0.2) is 16.8 Å². The predicted octanol–water partition coefficient (Wildman–Crippen LogP) is 1.73. The quantitative estimate of drug-likeness (QED) is 0.621. The zero-order valence-corrected chi connectivity index (χ0v) is 19.8. The van der Waals surface area contributed by atoms with Gasteiger partial charge < -0.3 is 10.1 Å².